The van der Waals surface area contributed by atoms with Gasteiger partial charge in [0.05, 0.1) is 11.9 Å². The van der Waals surface area contributed by atoms with Gasteiger partial charge in [0.25, 0.3) is 0 Å². The molecule has 0 aromatic carbocycles. The summed E-state index contributed by atoms with van der Waals surface area (Å²) < 4.78 is 29.6. The lowest BCUT2D eigenvalue weighted by molar-refractivity contribution is -0.137. The summed E-state index contributed by atoms with van der Waals surface area (Å²) in [5.74, 6) is -1.15. The van der Waals surface area contributed by atoms with E-state index in [9.17, 15) is 13.2 Å². The summed E-state index contributed by atoms with van der Waals surface area (Å²) in [4.78, 5) is 10.6. The van der Waals surface area contributed by atoms with Crippen LogP contribution >= 0.6 is 0 Å². The average Bonchev–Trinajstić information content (AvgIpc) is 2.16. The van der Waals surface area contributed by atoms with Crippen LogP contribution in [-0.4, -0.2) is 55.9 Å². The predicted octanol–water partition coefficient (Wildman–Crippen LogP) is 0.148. The standard InChI is InChI=1S/C9H19NO5S/c1-4-5-10(6-9(11)12)16(13,14)8(2)7-15-3/h8H,4-7H2,1-3H3,(H,11,12). The van der Waals surface area contributed by atoms with Gasteiger partial charge in [-0.3, -0.25) is 4.79 Å². The predicted molar refractivity (Wildman–Crippen MR) is 59.8 cm³/mol. The highest BCUT2D eigenvalue weighted by Gasteiger charge is 2.29. The Morgan fingerprint density at radius 2 is 2.06 bits per heavy atom. The third kappa shape index (κ3) is 4.46. The monoisotopic (exact) mass is 253 g/mol. The molecule has 0 heterocycles. The van der Waals surface area contributed by atoms with Crippen molar-refractivity contribution in [2.24, 2.45) is 0 Å². The molecule has 0 fully saturated rings. The molecule has 7 heteroatoms. The summed E-state index contributed by atoms with van der Waals surface area (Å²) in [5, 5.41) is 7.92. The van der Waals surface area contributed by atoms with E-state index >= 15 is 0 Å². The lowest BCUT2D eigenvalue weighted by Crippen LogP contribution is -2.42. The second-order valence-electron chi connectivity index (χ2n) is 3.54. The summed E-state index contributed by atoms with van der Waals surface area (Å²) in [6.07, 6.45) is 0.576. The molecular weight excluding hydrogens is 234 g/mol. The first-order valence-corrected chi connectivity index (χ1v) is 6.56. The Morgan fingerprint density at radius 3 is 2.44 bits per heavy atom. The summed E-state index contributed by atoms with van der Waals surface area (Å²) in [7, 11) is -2.18. The third-order valence-corrected chi connectivity index (χ3v) is 4.24. The fraction of sp³-hybridized carbons (Fsp3) is 0.889. The lowest BCUT2D eigenvalue weighted by Gasteiger charge is -2.23. The summed E-state index contributed by atoms with van der Waals surface area (Å²) >= 11 is 0. The van der Waals surface area contributed by atoms with Crippen LogP contribution < -0.4 is 0 Å². The van der Waals surface area contributed by atoms with Crippen molar-refractivity contribution >= 4 is 16.0 Å². The largest absolute Gasteiger partial charge is 0.480 e. The molecule has 96 valence electrons. The van der Waals surface area contributed by atoms with Gasteiger partial charge in [0.1, 0.15) is 6.54 Å². The number of nitrogens with zero attached hydrogens (tertiary/aromatic N) is 1. The number of rotatable bonds is 8. The highest BCUT2D eigenvalue weighted by molar-refractivity contribution is 7.89. The number of methoxy groups -OCH3 is 1. The van der Waals surface area contributed by atoms with E-state index in [1.54, 1.807) is 6.92 Å². The molecule has 0 radical (unpaired) electrons. The van der Waals surface area contributed by atoms with Crippen LogP contribution in [-0.2, 0) is 19.6 Å². The fourth-order valence-electron chi connectivity index (χ4n) is 1.27. The molecule has 0 amide bonds. The van der Waals surface area contributed by atoms with Gasteiger partial charge in [-0.15, -0.1) is 0 Å². The normalized spacial score (nSPS) is 14.0. The highest BCUT2D eigenvalue weighted by Crippen LogP contribution is 2.10. The van der Waals surface area contributed by atoms with Crippen molar-refractivity contribution in [2.45, 2.75) is 25.5 Å². The number of sulfonamides is 1. The molecule has 0 spiro atoms. The van der Waals surface area contributed by atoms with Crippen LogP contribution in [0.5, 0.6) is 0 Å². The van der Waals surface area contributed by atoms with Crippen molar-refractivity contribution in [3.63, 3.8) is 0 Å². The second kappa shape index (κ2) is 6.82. The zero-order valence-corrected chi connectivity index (χ0v) is 10.7. The van der Waals surface area contributed by atoms with Crippen molar-refractivity contribution < 1.29 is 23.1 Å². The van der Waals surface area contributed by atoms with Gasteiger partial charge < -0.3 is 9.84 Å². The molecule has 1 unspecified atom stereocenters. The van der Waals surface area contributed by atoms with Crippen molar-refractivity contribution in [3.8, 4) is 0 Å². The van der Waals surface area contributed by atoms with Gasteiger partial charge in [-0.05, 0) is 13.3 Å². The van der Waals surface area contributed by atoms with Crippen molar-refractivity contribution in [1.29, 1.82) is 0 Å². The van der Waals surface area contributed by atoms with Gasteiger partial charge in [0.2, 0.25) is 10.0 Å². The minimum absolute atomic E-state index is 0.0577. The fourth-order valence-corrected chi connectivity index (χ4v) is 2.82. The zero-order valence-electron chi connectivity index (χ0n) is 9.84. The van der Waals surface area contributed by atoms with Crippen LogP contribution in [0.4, 0.5) is 0 Å². The average molecular weight is 253 g/mol. The molecule has 1 N–H and O–H groups in total. The molecule has 0 saturated heterocycles. The van der Waals surface area contributed by atoms with Gasteiger partial charge in [-0.1, -0.05) is 6.92 Å². The van der Waals surface area contributed by atoms with Gasteiger partial charge in [0.15, 0.2) is 0 Å². The molecule has 0 aromatic heterocycles. The number of hydrogen-bond acceptors (Lipinski definition) is 4. The van der Waals surface area contributed by atoms with Crippen molar-refractivity contribution in [3.05, 3.63) is 0 Å². The minimum Gasteiger partial charge on any atom is -0.480 e. The Morgan fingerprint density at radius 1 is 1.50 bits per heavy atom. The van der Waals surface area contributed by atoms with Gasteiger partial charge in [-0.25, -0.2) is 8.42 Å². The molecule has 0 rings (SSSR count). The maximum atomic E-state index is 11.9. The van der Waals surface area contributed by atoms with Crippen LogP contribution in [0.2, 0.25) is 0 Å². The van der Waals surface area contributed by atoms with Crippen LogP contribution in [0.15, 0.2) is 0 Å². The Balaban J connectivity index is 4.81. The van der Waals surface area contributed by atoms with Gasteiger partial charge in [0, 0.05) is 13.7 Å². The first kappa shape index (κ1) is 15.3. The number of carboxylic acids is 1. The van der Waals surface area contributed by atoms with E-state index in [1.807, 2.05) is 0 Å². The molecule has 1 atom stereocenters. The number of carbonyl (C=O) groups is 1. The second-order valence-corrected chi connectivity index (χ2v) is 5.89. The van der Waals surface area contributed by atoms with E-state index in [4.69, 9.17) is 9.84 Å². The maximum absolute atomic E-state index is 11.9. The van der Waals surface area contributed by atoms with E-state index in [1.165, 1.54) is 14.0 Å². The highest BCUT2D eigenvalue weighted by atomic mass is 32.2. The number of hydrogen-bond donors (Lipinski definition) is 1. The van der Waals surface area contributed by atoms with Crippen LogP contribution in [0.3, 0.4) is 0 Å². The van der Waals surface area contributed by atoms with Gasteiger partial charge in [-0.2, -0.15) is 4.31 Å². The van der Waals surface area contributed by atoms with Crippen LogP contribution in [0, 0.1) is 0 Å². The van der Waals surface area contributed by atoms with Crippen LogP contribution in [0.1, 0.15) is 20.3 Å². The maximum Gasteiger partial charge on any atom is 0.318 e. The molecular formula is C9H19NO5S. The molecule has 0 aliphatic heterocycles. The molecule has 0 aromatic rings. The van der Waals surface area contributed by atoms with E-state index in [0.717, 1.165) is 4.31 Å². The van der Waals surface area contributed by atoms with Crippen molar-refractivity contribution in [1.82, 2.24) is 4.31 Å². The first-order chi connectivity index (χ1) is 7.36. The van der Waals surface area contributed by atoms with Gasteiger partial charge >= 0.3 is 5.97 Å². The molecule has 0 aliphatic carbocycles. The summed E-state index contributed by atoms with van der Waals surface area (Å²) in [6, 6.07) is 0. The molecule has 16 heavy (non-hydrogen) atoms. The Kier molecular flexibility index (Phi) is 6.54. The molecule has 0 bridgehead atoms. The summed E-state index contributed by atoms with van der Waals surface area (Å²) in [5.41, 5.74) is 0. The first-order valence-electron chi connectivity index (χ1n) is 5.05. The Bertz CT molecular complexity index is 314. The Labute approximate surface area is 96.2 Å². The molecule has 0 aliphatic rings. The smallest absolute Gasteiger partial charge is 0.318 e. The zero-order chi connectivity index (χ0) is 12.8. The van der Waals surface area contributed by atoms with Crippen molar-refractivity contribution in [2.75, 3.05) is 26.8 Å². The molecule has 0 saturated carbocycles. The SMILES string of the molecule is CCCN(CC(=O)O)S(=O)(=O)C(C)COC. The van der Waals surface area contributed by atoms with E-state index in [2.05, 4.69) is 0 Å². The summed E-state index contributed by atoms with van der Waals surface area (Å²) in [6.45, 7) is 3.07. The van der Waals surface area contributed by atoms with Crippen LogP contribution in [0.25, 0.3) is 0 Å². The number of ether oxygens (including phenoxy) is 1. The van der Waals surface area contributed by atoms with E-state index in [0.29, 0.717) is 6.42 Å². The third-order valence-electron chi connectivity index (χ3n) is 2.05. The topological polar surface area (TPSA) is 83.9 Å². The number of carboxylic acid groups (broad SMARTS) is 1. The quantitative estimate of drug-likeness (QED) is 0.665. The molecule has 6 nitrogen and oxygen atoms in total. The minimum atomic E-state index is -3.59. The van der Waals surface area contributed by atoms with E-state index < -0.39 is 27.8 Å². The van der Waals surface area contributed by atoms with E-state index in [-0.39, 0.29) is 13.2 Å². The number of aliphatic carboxylic acids is 1. The lowest BCUT2D eigenvalue weighted by atomic mass is 10.5. The Hall–Kier alpha value is -0.660.